The van der Waals surface area contributed by atoms with Crippen molar-refractivity contribution < 1.29 is 32.6 Å². The fourth-order valence-corrected chi connectivity index (χ4v) is 1.98. The molecule has 0 saturated heterocycles. The van der Waals surface area contributed by atoms with Gasteiger partial charge < -0.3 is 15.2 Å². The molecule has 1 aromatic rings. The van der Waals surface area contributed by atoms with Crippen molar-refractivity contribution in [2.75, 3.05) is 6.61 Å². The van der Waals surface area contributed by atoms with Gasteiger partial charge in [-0.1, -0.05) is 19.4 Å². The van der Waals surface area contributed by atoms with Crippen LogP contribution in [0.4, 0.5) is 13.2 Å². The average Bonchev–Trinajstić information content (AvgIpc) is 2.44. The van der Waals surface area contributed by atoms with Crippen LogP contribution < -0.4 is 10.1 Å². The zero-order valence-corrected chi connectivity index (χ0v) is 12.7. The Balaban J connectivity index is 2.68. The third-order valence-corrected chi connectivity index (χ3v) is 3.17. The molecule has 0 saturated carbocycles. The van der Waals surface area contributed by atoms with E-state index in [1.54, 1.807) is 6.92 Å². The van der Waals surface area contributed by atoms with Gasteiger partial charge in [-0.2, -0.15) is 13.2 Å². The second-order valence-corrected chi connectivity index (χ2v) is 5.25. The molecule has 1 amide bonds. The molecule has 0 aliphatic heterocycles. The topological polar surface area (TPSA) is 75.6 Å². The Hall–Kier alpha value is -2.25. The molecular weight excluding hydrogens is 315 g/mol. The first-order valence-corrected chi connectivity index (χ1v) is 6.93. The second kappa shape index (κ2) is 7.34. The molecule has 1 rings (SSSR count). The van der Waals surface area contributed by atoms with E-state index >= 15 is 0 Å². The summed E-state index contributed by atoms with van der Waals surface area (Å²) in [5.41, 5.74) is -2.33. The predicted octanol–water partition coefficient (Wildman–Crippen LogP) is 2.84. The summed E-state index contributed by atoms with van der Waals surface area (Å²) >= 11 is 0. The van der Waals surface area contributed by atoms with E-state index in [-0.39, 0.29) is 12.2 Å². The number of carbonyl (C=O) groups excluding carboxylic acids is 1. The summed E-state index contributed by atoms with van der Waals surface area (Å²) in [6, 6.07) is 4.10. The van der Waals surface area contributed by atoms with Crippen molar-refractivity contribution in [2.45, 2.75) is 38.4 Å². The number of benzene rings is 1. The Bertz CT molecular complexity index is 574. The third kappa shape index (κ3) is 5.46. The van der Waals surface area contributed by atoms with E-state index in [1.807, 2.05) is 0 Å². The molecule has 0 bridgehead atoms. The normalized spacial score (nSPS) is 14.0. The van der Waals surface area contributed by atoms with Gasteiger partial charge in [0, 0.05) is 0 Å². The van der Waals surface area contributed by atoms with Crippen LogP contribution >= 0.6 is 0 Å². The van der Waals surface area contributed by atoms with Crippen molar-refractivity contribution in [1.29, 1.82) is 0 Å². The number of carboxylic acids is 1. The van der Waals surface area contributed by atoms with Gasteiger partial charge in [-0.25, -0.2) is 4.79 Å². The zero-order valence-electron chi connectivity index (χ0n) is 12.7. The summed E-state index contributed by atoms with van der Waals surface area (Å²) in [7, 11) is 0. The van der Waals surface area contributed by atoms with Gasteiger partial charge in [-0.3, -0.25) is 4.79 Å². The minimum Gasteiger partial charge on any atom is -0.484 e. The maximum absolute atomic E-state index is 12.6. The van der Waals surface area contributed by atoms with Crippen LogP contribution in [0.15, 0.2) is 24.3 Å². The van der Waals surface area contributed by atoms with E-state index in [0.29, 0.717) is 6.42 Å². The van der Waals surface area contributed by atoms with Gasteiger partial charge in [0.2, 0.25) is 0 Å². The molecule has 0 aromatic heterocycles. The van der Waals surface area contributed by atoms with E-state index in [4.69, 9.17) is 9.84 Å². The SMILES string of the molecule is CCCC(C)(NC(=O)COc1cccc(C(F)(F)F)c1)C(=O)O. The van der Waals surface area contributed by atoms with E-state index in [1.165, 1.54) is 13.0 Å². The molecule has 0 aliphatic carbocycles. The molecule has 0 spiro atoms. The minimum atomic E-state index is -4.51. The molecule has 1 aromatic carbocycles. The molecule has 0 heterocycles. The van der Waals surface area contributed by atoms with E-state index in [2.05, 4.69) is 5.32 Å². The number of hydrogen-bond acceptors (Lipinski definition) is 3. The zero-order chi connectivity index (χ0) is 17.7. The Labute approximate surface area is 131 Å². The summed E-state index contributed by atoms with van der Waals surface area (Å²) in [6.07, 6.45) is -3.75. The van der Waals surface area contributed by atoms with Gasteiger partial charge in [-0.15, -0.1) is 0 Å². The average molecular weight is 333 g/mol. The Kier molecular flexibility index (Phi) is 6.00. The Morgan fingerprint density at radius 2 is 1.96 bits per heavy atom. The predicted molar refractivity (Wildman–Crippen MR) is 76.0 cm³/mol. The van der Waals surface area contributed by atoms with Crippen LogP contribution in [0.2, 0.25) is 0 Å². The summed E-state index contributed by atoms with van der Waals surface area (Å²) in [6.45, 7) is 2.56. The lowest BCUT2D eigenvalue weighted by Gasteiger charge is -2.25. The van der Waals surface area contributed by atoms with Crippen molar-refractivity contribution >= 4 is 11.9 Å². The highest BCUT2D eigenvalue weighted by molar-refractivity contribution is 5.87. The van der Waals surface area contributed by atoms with Crippen molar-refractivity contribution in [3.63, 3.8) is 0 Å². The summed E-state index contributed by atoms with van der Waals surface area (Å²) < 4.78 is 42.7. The number of amides is 1. The van der Waals surface area contributed by atoms with Crippen LogP contribution in [0.3, 0.4) is 0 Å². The Morgan fingerprint density at radius 1 is 1.30 bits per heavy atom. The first-order chi connectivity index (χ1) is 10.6. The van der Waals surface area contributed by atoms with Crippen LogP contribution in [-0.2, 0) is 15.8 Å². The van der Waals surface area contributed by atoms with Crippen molar-refractivity contribution in [1.82, 2.24) is 5.32 Å². The summed E-state index contributed by atoms with van der Waals surface area (Å²) in [5, 5.41) is 11.5. The number of halogens is 3. The highest BCUT2D eigenvalue weighted by atomic mass is 19.4. The first kappa shape index (κ1) is 18.8. The highest BCUT2D eigenvalue weighted by Gasteiger charge is 2.34. The molecule has 23 heavy (non-hydrogen) atoms. The van der Waals surface area contributed by atoms with Crippen molar-refractivity contribution in [3.05, 3.63) is 29.8 Å². The lowest BCUT2D eigenvalue weighted by atomic mass is 9.96. The maximum atomic E-state index is 12.6. The minimum absolute atomic E-state index is 0.123. The van der Waals surface area contributed by atoms with Gasteiger partial charge >= 0.3 is 12.1 Å². The first-order valence-electron chi connectivity index (χ1n) is 6.93. The third-order valence-electron chi connectivity index (χ3n) is 3.17. The molecule has 0 aliphatic rings. The van der Waals surface area contributed by atoms with Crippen LogP contribution in [0.1, 0.15) is 32.3 Å². The quantitative estimate of drug-likeness (QED) is 0.804. The number of ether oxygens (including phenoxy) is 1. The second-order valence-electron chi connectivity index (χ2n) is 5.25. The van der Waals surface area contributed by atoms with Crippen molar-refractivity contribution in [3.8, 4) is 5.75 Å². The van der Waals surface area contributed by atoms with Crippen LogP contribution in [0.25, 0.3) is 0 Å². The van der Waals surface area contributed by atoms with Crippen LogP contribution in [-0.4, -0.2) is 29.1 Å². The number of nitrogens with one attached hydrogen (secondary N) is 1. The number of rotatable bonds is 7. The molecule has 8 heteroatoms. The van der Waals surface area contributed by atoms with E-state index in [0.717, 1.165) is 18.2 Å². The molecule has 1 unspecified atom stereocenters. The molecule has 1 atom stereocenters. The molecule has 0 fully saturated rings. The molecule has 128 valence electrons. The van der Waals surface area contributed by atoms with Gasteiger partial charge in [0.25, 0.3) is 5.91 Å². The number of carboxylic acid groups (broad SMARTS) is 1. The van der Waals surface area contributed by atoms with Gasteiger partial charge in [0.1, 0.15) is 11.3 Å². The van der Waals surface area contributed by atoms with E-state index in [9.17, 15) is 22.8 Å². The summed E-state index contributed by atoms with van der Waals surface area (Å²) in [5.74, 6) is -2.03. The Morgan fingerprint density at radius 3 is 2.48 bits per heavy atom. The van der Waals surface area contributed by atoms with Crippen LogP contribution in [0.5, 0.6) is 5.75 Å². The lowest BCUT2D eigenvalue weighted by molar-refractivity contribution is -0.147. The fourth-order valence-electron chi connectivity index (χ4n) is 1.98. The highest BCUT2D eigenvalue weighted by Crippen LogP contribution is 2.31. The van der Waals surface area contributed by atoms with Crippen LogP contribution in [0, 0.1) is 0 Å². The number of alkyl halides is 3. The molecule has 2 N–H and O–H groups in total. The molecular formula is C15H18F3NO4. The van der Waals surface area contributed by atoms with Gasteiger partial charge in [0.15, 0.2) is 6.61 Å². The standard InChI is InChI=1S/C15H18F3NO4/c1-3-7-14(2,13(21)22)19-12(20)9-23-11-6-4-5-10(8-11)15(16,17)18/h4-6,8H,3,7,9H2,1-2H3,(H,19,20)(H,21,22). The van der Waals surface area contributed by atoms with E-state index < -0.39 is 35.8 Å². The van der Waals surface area contributed by atoms with Crippen molar-refractivity contribution in [2.24, 2.45) is 0 Å². The van der Waals surface area contributed by atoms with Gasteiger partial charge in [0.05, 0.1) is 5.56 Å². The lowest BCUT2D eigenvalue weighted by Crippen LogP contribution is -2.53. The number of hydrogen-bond donors (Lipinski definition) is 2. The number of aliphatic carboxylic acids is 1. The summed E-state index contributed by atoms with van der Waals surface area (Å²) in [4.78, 5) is 23.0. The smallest absolute Gasteiger partial charge is 0.416 e. The maximum Gasteiger partial charge on any atom is 0.416 e. The molecule has 0 radical (unpaired) electrons. The fraction of sp³-hybridized carbons (Fsp3) is 0.467. The monoisotopic (exact) mass is 333 g/mol. The molecule has 5 nitrogen and oxygen atoms in total. The largest absolute Gasteiger partial charge is 0.484 e. The number of carbonyl (C=O) groups is 2. The van der Waals surface area contributed by atoms with Gasteiger partial charge in [-0.05, 0) is 31.5 Å².